The van der Waals surface area contributed by atoms with E-state index in [1.165, 1.54) is 12.8 Å². The van der Waals surface area contributed by atoms with Gasteiger partial charge in [-0.05, 0) is 50.8 Å². The number of nitrogens with one attached hydrogen (secondary N) is 1. The third kappa shape index (κ3) is 4.14. The molecule has 1 N–H and O–H groups in total. The van der Waals surface area contributed by atoms with Crippen LogP contribution in [-0.4, -0.2) is 36.1 Å². The second-order valence-electron chi connectivity index (χ2n) is 5.77. The Kier molecular flexibility index (Phi) is 5.50. The zero-order chi connectivity index (χ0) is 15.2. The molecular weight excluding hydrogens is 268 g/mol. The minimum Gasteiger partial charge on any atom is -0.351 e. The molecule has 1 atom stereocenters. The maximum Gasteiger partial charge on any atom is 0.311 e. The van der Waals surface area contributed by atoms with E-state index in [9.17, 15) is 10.1 Å². The number of nitrogens with zero attached hydrogens (tertiary/aromatic N) is 3. The van der Waals surface area contributed by atoms with Crippen molar-refractivity contribution in [3.05, 3.63) is 27.9 Å². The number of piperidine rings is 1. The van der Waals surface area contributed by atoms with Crippen LogP contribution in [0.1, 0.15) is 31.7 Å². The van der Waals surface area contributed by atoms with Crippen LogP contribution in [0.3, 0.4) is 0 Å². The molecule has 1 aliphatic heterocycles. The van der Waals surface area contributed by atoms with Crippen LogP contribution in [0.5, 0.6) is 0 Å². The molecule has 1 saturated heterocycles. The molecule has 6 nitrogen and oxygen atoms in total. The zero-order valence-electron chi connectivity index (χ0n) is 12.8. The third-order valence-electron chi connectivity index (χ3n) is 3.85. The predicted octanol–water partition coefficient (Wildman–Crippen LogP) is 2.51. The van der Waals surface area contributed by atoms with Crippen molar-refractivity contribution in [3.63, 3.8) is 0 Å². The van der Waals surface area contributed by atoms with Crippen molar-refractivity contribution in [2.45, 2.75) is 33.1 Å². The standard InChI is InChI=1S/C15H24N4O2/c1-3-7-18(11-13-5-4-6-16-10-13)15-14(19(20)21)8-12(2)9-17-15/h8-9,13,16H,3-7,10-11H2,1-2H3. The number of hydrogen-bond acceptors (Lipinski definition) is 5. The third-order valence-corrected chi connectivity index (χ3v) is 3.85. The molecule has 116 valence electrons. The predicted molar refractivity (Wildman–Crippen MR) is 83.7 cm³/mol. The summed E-state index contributed by atoms with van der Waals surface area (Å²) >= 11 is 0. The van der Waals surface area contributed by atoms with E-state index in [0.717, 1.165) is 38.2 Å². The molecule has 0 amide bonds. The SMILES string of the molecule is CCCN(CC1CCCNC1)c1ncc(C)cc1[N+](=O)[O-]. The fourth-order valence-electron chi connectivity index (χ4n) is 2.87. The summed E-state index contributed by atoms with van der Waals surface area (Å²) in [5.41, 5.74) is 0.938. The van der Waals surface area contributed by atoms with E-state index in [-0.39, 0.29) is 10.6 Å². The van der Waals surface area contributed by atoms with Gasteiger partial charge in [0.15, 0.2) is 0 Å². The molecule has 1 aliphatic rings. The van der Waals surface area contributed by atoms with Crippen LogP contribution in [-0.2, 0) is 0 Å². The topological polar surface area (TPSA) is 71.3 Å². The van der Waals surface area contributed by atoms with Gasteiger partial charge in [0.25, 0.3) is 0 Å². The maximum atomic E-state index is 11.3. The Bertz CT molecular complexity index is 487. The average molecular weight is 292 g/mol. The molecule has 6 heteroatoms. The van der Waals surface area contributed by atoms with Gasteiger partial charge in [-0.1, -0.05) is 6.92 Å². The fourth-order valence-corrected chi connectivity index (χ4v) is 2.87. The smallest absolute Gasteiger partial charge is 0.311 e. The highest BCUT2D eigenvalue weighted by Crippen LogP contribution is 2.28. The number of hydrogen-bond donors (Lipinski definition) is 1. The summed E-state index contributed by atoms with van der Waals surface area (Å²) < 4.78 is 0. The maximum absolute atomic E-state index is 11.3. The van der Waals surface area contributed by atoms with Gasteiger partial charge in [0.1, 0.15) is 0 Å². The molecule has 0 bridgehead atoms. The number of rotatable bonds is 6. The van der Waals surface area contributed by atoms with Gasteiger partial charge in [-0.15, -0.1) is 0 Å². The minimum absolute atomic E-state index is 0.118. The van der Waals surface area contributed by atoms with Crippen molar-refractivity contribution in [1.82, 2.24) is 10.3 Å². The van der Waals surface area contributed by atoms with Crippen LogP contribution in [0.4, 0.5) is 11.5 Å². The van der Waals surface area contributed by atoms with E-state index in [4.69, 9.17) is 0 Å². The summed E-state index contributed by atoms with van der Waals surface area (Å²) in [6, 6.07) is 1.62. The van der Waals surface area contributed by atoms with Gasteiger partial charge in [0.05, 0.1) is 4.92 Å². The lowest BCUT2D eigenvalue weighted by Gasteiger charge is -2.30. The molecule has 1 aromatic heterocycles. The lowest BCUT2D eigenvalue weighted by molar-refractivity contribution is -0.384. The first-order valence-electron chi connectivity index (χ1n) is 7.68. The van der Waals surface area contributed by atoms with Crippen LogP contribution in [0.15, 0.2) is 12.3 Å². The summed E-state index contributed by atoms with van der Waals surface area (Å²) in [6.07, 6.45) is 5.01. The van der Waals surface area contributed by atoms with Crippen LogP contribution in [0.2, 0.25) is 0 Å². The molecule has 0 aliphatic carbocycles. The Morgan fingerprint density at radius 3 is 3.00 bits per heavy atom. The highest BCUT2D eigenvalue weighted by Gasteiger charge is 2.24. The Morgan fingerprint density at radius 2 is 2.38 bits per heavy atom. The molecule has 0 aromatic carbocycles. The van der Waals surface area contributed by atoms with Crippen molar-refractivity contribution in [2.75, 3.05) is 31.1 Å². The van der Waals surface area contributed by atoms with Crippen LogP contribution < -0.4 is 10.2 Å². The average Bonchev–Trinajstić information content (AvgIpc) is 2.48. The van der Waals surface area contributed by atoms with Crippen molar-refractivity contribution in [1.29, 1.82) is 0 Å². The second-order valence-corrected chi connectivity index (χ2v) is 5.77. The van der Waals surface area contributed by atoms with Gasteiger partial charge in [-0.25, -0.2) is 4.98 Å². The second kappa shape index (κ2) is 7.36. The van der Waals surface area contributed by atoms with Gasteiger partial charge >= 0.3 is 5.69 Å². The van der Waals surface area contributed by atoms with Crippen LogP contribution >= 0.6 is 0 Å². The molecular formula is C15H24N4O2. The quantitative estimate of drug-likeness (QED) is 0.644. The molecule has 1 fully saturated rings. The fraction of sp³-hybridized carbons (Fsp3) is 0.667. The first-order chi connectivity index (χ1) is 10.1. The van der Waals surface area contributed by atoms with Gasteiger partial charge in [-0.3, -0.25) is 10.1 Å². The highest BCUT2D eigenvalue weighted by atomic mass is 16.6. The van der Waals surface area contributed by atoms with Crippen molar-refractivity contribution < 1.29 is 4.92 Å². The lowest BCUT2D eigenvalue weighted by atomic mass is 9.99. The molecule has 0 radical (unpaired) electrons. The highest BCUT2D eigenvalue weighted by molar-refractivity contribution is 5.58. The first-order valence-corrected chi connectivity index (χ1v) is 7.68. The monoisotopic (exact) mass is 292 g/mol. The molecule has 0 spiro atoms. The normalized spacial score (nSPS) is 18.5. The van der Waals surface area contributed by atoms with Crippen molar-refractivity contribution >= 4 is 11.5 Å². The number of aryl methyl sites for hydroxylation is 1. The van der Waals surface area contributed by atoms with Crippen molar-refractivity contribution in [2.24, 2.45) is 5.92 Å². The zero-order valence-corrected chi connectivity index (χ0v) is 12.8. The first kappa shape index (κ1) is 15.7. The van der Waals surface area contributed by atoms with E-state index in [0.29, 0.717) is 11.7 Å². The number of aromatic nitrogens is 1. The van der Waals surface area contributed by atoms with E-state index in [1.54, 1.807) is 12.3 Å². The van der Waals surface area contributed by atoms with Gasteiger partial charge < -0.3 is 10.2 Å². The Balaban J connectivity index is 2.22. The van der Waals surface area contributed by atoms with E-state index < -0.39 is 0 Å². The van der Waals surface area contributed by atoms with E-state index >= 15 is 0 Å². The Labute approximate surface area is 125 Å². The summed E-state index contributed by atoms with van der Waals surface area (Å²) in [5, 5.41) is 14.7. The Hall–Kier alpha value is -1.69. The molecule has 1 aromatic rings. The number of nitro groups is 1. The molecule has 2 rings (SSSR count). The molecule has 21 heavy (non-hydrogen) atoms. The Morgan fingerprint density at radius 1 is 1.57 bits per heavy atom. The van der Waals surface area contributed by atoms with Crippen LogP contribution in [0, 0.1) is 23.0 Å². The summed E-state index contributed by atoms with van der Waals surface area (Å²) in [5.74, 6) is 1.05. The summed E-state index contributed by atoms with van der Waals surface area (Å²) in [4.78, 5) is 17.4. The summed E-state index contributed by atoms with van der Waals surface area (Å²) in [6.45, 7) is 7.61. The van der Waals surface area contributed by atoms with Gasteiger partial charge in [-0.2, -0.15) is 0 Å². The van der Waals surface area contributed by atoms with Crippen molar-refractivity contribution in [3.8, 4) is 0 Å². The molecule has 1 unspecified atom stereocenters. The van der Waals surface area contributed by atoms with E-state index in [1.807, 2.05) is 6.92 Å². The lowest BCUT2D eigenvalue weighted by Crippen LogP contribution is -2.39. The molecule has 0 saturated carbocycles. The van der Waals surface area contributed by atoms with Crippen LogP contribution in [0.25, 0.3) is 0 Å². The van der Waals surface area contributed by atoms with Gasteiger partial charge in [0.2, 0.25) is 5.82 Å². The van der Waals surface area contributed by atoms with E-state index in [2.05, 4.69) is 22.1 Å². The number of anilines is 1. The molecule has 2 heterocycles. The minimum atomic E-state index is -0.322. The number of pyridine rings is 1. The summed E-state index contributed by atoms with van der Waals surface area (Å²) in [7, 11) is 0. The van der Waals surface area contributed by atoms with Gasteiger partial charge in [0, 0.05) is 25.4 Å². The largest absolute Gasteiger partial charge is 0.351 e.